The van der Waals surface area contributed by atoms with Gasteiger partial charge in [-0.25, -0.2) is 0 Å². The summed E-state index contributed by atoms with van der Waals surface area (Å²) in [6.07, 6.45) is 8.16. The molecule has 4 heterocycles. The number of hydrogen-bond acceptors (Lipinski definition) is 8. The Kier molecular flexibility index (Phi) is 6.96. The van der Waals surface area contributed by atoms with Gasteiger partial charge in [-0.3, -0.25) is 9.59 Å². The van der Waals surface area contributed by atoms with E-state index < -0.39 is 11.9 Å². The van der Waals surface area contributed by atoms with E-state index in [2.05, 4.69) is 20.7 Å². The van der Waals surface area contributed by atoms with Crippen LogP contribution in [0.15, 0.2) is 62.2 Å². The Morgan fingerprint density at radius 1 is 1.11 bits per heavy atom. The van der Waals surface area contributed by atoms with Gasteiger partial charge in [-0.2, -0.15) is 4.80 Å². The number of nitrogens with zero attached hydrogens (tertiary/aromatic N) is 5. The van der Waals surface area contributed by atoms with Crippen LogP contribution in [0.2, 0.25) is 0 Å². The Balaban J connectivity index is 1.40. The van der Waals surface area contributed by atoms with E-state index in [0.717, 1.165) is 25.7 Å². The summed E-state index contributed by atoms with van der Waals surface area (Å²) in [6.45, 7) is 1.65. The van der Waals surface area contributed by atoms with Crippen LogP contribution in [0.1, 0.15) is 55.4 Å². The highest BCUT2D eigenvalue weighted by atomic mass is 16.3. The minimum Gasteiger partial charge on any atom is -0.467 e. The van der Waals surface area contributed by atoms with E-state index in [9.17, 15) is 9.59 Å². The molecule has 0 aliphatic heterocycles. The smallest absolute Gasteiger partial charge is 0.250 e. The number of nitrogens with one attached hydrogen (secondary N) is 1. The number of furan rings is 3. The molecule has 5 rings (SSSR count). The van der Waals surface area contributed by atoms with Crippen molar-refractivity contribution in [2.45, 2.75) is 64.2 Å². The molecule has 0 bridgehead atoms. The van der Waals surface area contributed by atoms with Gasteiger partial charge in [0.1, 0.15) is 23.8 Å². The van der Waals surface area contributed by atoms with Gasteiger partial charge in [0.05, 0.1) is 19.1 Å². The van der Waals surface area contributed by atoms with Crippen molar-refractivity contribution >= 4 is 11.8 Å². The first-order valence-electron chi connectivity index (χ1n) is 12.1. The van der Waals surface area contributed by atoms with Crippen LogP contribution in [0.25, 0.3) is 11.6 Å². The Bertz CT molecular complexity index is 1270. The minimum absolute atomic E-state index is 0.0637. The van der Waals surface area contributed by atoms with Crippen molar-refractivity contribution in [1.82, 2.24) is 30.4 Å². The second-order valence-corrected chi connectivity index (χ2v) is 8.92. The fourth-order valence-corrected chi connectivity index (χ4v) is 4.47. The molecule has 1 unspecified atom stereocenters. The highest BCUT2D eigenvalue weighted by Crippen LogP contribution is 2.27. The molecule has 0 saturated heterocycles. The molecule has 1 fully saturated rings. The van der Waals surface area contributed by atoms with Crippen molar-refractivity contribution in [1.29, 1.82) is 0 Å². The van der Waals surface area contributed by atoms with Crippen molar-refractivity contribution < 1.29 is 22.8 Å². The van der Waals surface area contributed by atoms with Crippen molar-refractivity contribution in [3.63, 3.8) is 0 Å². The second kappa shape index (κ2) is 10.6. The zero-order chi connectivity index (χ0) is 24.9. The first-order valence-corrected chi connectivity index (χ1v) is 12.1. The Labute approximate surface area is 207 Å². The lowest BCUT2D eigenvalue weighted by molar-refractivity contribution is -0.143. The Morgan fingerprint density at radius 2 is 1.92 bits per heavy atom. The third-order valence-electron chi connectivity index (χ3n) is 6.24. The van der Waals surface area contributed by atoms with Gasteiger partial charge in [-0.05, 0) is 61.4 Å². The predicted octanol–water partition coefficient (Wildman–Crippen LogP) is 3.65. The standard InChI is InChI=1S/C25H28N6O5/c1-17-11-12-21(36-17)24-27-29-31(28-24)16-22(32)30(15-19-9-5-13-34-19)23(20-10-6-14-35-20)25(33)26-18-7-3-2-4-8-18/h5-6,9-14,18,23H,2-4,7-8,15-16H2,1H3,(H,26,33). The first-order chi connectivity index (χ1) is 17.6. The van der Waals surface area contributed by atoms with Crippen LogP contribution >= 0.6 is 0 Å². The zero-order valence-electron chi connectivity index (χ0n) is 20.0. The van der Waals surface area contributed by atoms with E-state index in [1.807, 2.05) is 6.92 Å². The van der Waals surface area contributed by atoms with E-state index >= 15 is 0 Å². The minimum atomic E-state index is -0.991. The molecule has 1 saturated carbocycles. The molecule has 36 heavy (non-hydrogen) atoms. The van der Waals surface area contributed by atoms with E-state index in [1.165, 1.54) is 28.6 Å². The number of rotatable bonds is 9. The van der Waals surface area contributed by atoms with Crippen LogP contribution in [0, 0.1) is 6.92 Å². The number of carbonyl (C=O) groups is 2. The lowest BCUT2D eigenvalue weighted by Crippen LogP contribution is -2.47. The van der Waals surface area contributed by atoms with Crippen molar-refractivity contribution in [3.8, 4) is 11.6 Å². The molecule has 2 amide bonds. The Morgan fingerprint density at radius 3 is 2.61 bits per heavy atom. The molecule has 11 heteroatoms. The summed E-state index contributed by atoms with van der Waals surface area (Å²) in [6, 6.07) is 9.49. The summed E-state index contributed by atoms with van der Waals surface area (Å²) in [5, 5.41) is 15.4. The summed E-state index contributed by atoms with van der Waals surface area (Å²) in [5.41, 5.74) is 0. The summed E-state index contributed by atoms with van der Waals surface area (Å²) in [5.74, 6) is 1.64. The molecule has 0 radical (unpaired) electrons. The molecule has 4 aromatic rings. The van der Waals surface area contributed by atoms with E-state index in [-0.39, 0.29) is 30.9 Å². The summed E-state index contributed by atoms with van der Waals surface area (Å²) in [4.78, 5) is 29.8. The van der Waals surface area contributed by atoms with Crippen LogP contribution in [0.3, 0.4) is 0 Å². The zero-order valence-corrected chi connectivity index (χ0v) is 20.0. The normalized spacial score (nSPS) is 15.0. The first kappa shape index (κ1) is 23.6. The molecule has 1 atom stereocenters. The molecule has 4 aromatic heterocycles. The lowest BCUT2D eigenvalue weighted by Gasteiger charge is -2.31. The molecule has 11 nitrogen and oxygen atoms in total. The number of aromatic nitrogens is 4. The highest BCUT2D eigenvalue weighted by Gasteiger charge is 2.35. The van der Waals surface area contributed by atoms with Crippen LogP contribution in [0.4, 0.5) is 0 Å². The fourth-order valence-electron chi connectivity index (χ4n) is 4.47. The van der Waals surface area contributed by atoms with Crippen molar-refractivity contribution in [3.05, 3.63) is 66.2 Å². The van der Waals surface area contributed by atoms with Crippen LogP contribution < -0.4 is 5.32 Å². The van der Waals surface area contributed by atoms with Gasteiger partial charge < -0.3 is 23.5 Å². The molecule has 188 valence electrons. The summed E-state index contributed by atoms with van der Waals surface area (Å²) in [7, 11) is 0. The van der Waals surface area contributed by atoms with Crippen molar-refractivity contribution in [2.24, 2.45) is 0 Å². The number of amides is 2. The maximum absolute atomic E-state index is 13.6. The molecule has 1 N–H and O–H groups in total. The van der Waals surface area contributed by atoms with Crippen LogP contribution in [-0.2, 0) is 22.7 Å². The number of aryl methyl sites for hydroxylation is 1. The van der Waals surface area contributed by atoms with Gasteiger partial charge in [0.15, 0.2) is 11.8 Å². The number of carbonyl (C=O) groups excluding carboxylic acids is 2. The quantitative estimate of drug-likeness (QED) is 0.374. The van der Waals surface area contributed by atoms with Crippen molar-refractivity contribution in [2.75, 3.05) is 0 Å². The summed E-state index contributed by atoms with van der Waals surface area (Å²) < 4.78 is 16.7. The molecule has 0 aromatic carbocycles. The van der Waals surface area contributed by atoms with Crippen LogP contribution in [0.5, 0.6) is 0 Å². The fraction of sp³-hybridized carbons (Fsp3) is 0.400. The third-order valence-corrected chi connectivity index (χ3v) is 6.24. The Hall–Kier alpha value is -4.15. The topological polar surface area (TPSA) is 132 Å². The maximum atomic E-state index is 13.6. The average molecular weight is 493 g/mol. The highest BCUT2D eigenvalue weighted by molar-refractivity contribution is 5.88. The lowest BCUT2D eigenvalue weighted by atomic mass is 9.95. The number of tetrazole rings is 1. The van der Waals surface area contributed by atoms with Gasteiger partial charge in [0.25, 0.3) is 5.91 Å². The number of hydrogen-bond donors (Lipinski definition) is 1. The summed E-state index contributed by atoms with van der Waals surface area (Å²) >= 11 is 0. The average Bonchev–Trinajstić information content (AvgIpc) is 3.68. The monoisotopic (exact) mass is 492 g/mol. The van der Waals surface area contributed by atoms with Crippen LogP contribution in [-0.4, -0.2) is 43.0 Å². The van der Waals surface area contributed by atoms with Gasteiger partial charge in [-0.1, -0.05) is 19.3 Å². The molecule has 0 spiro atoms. The van der Waals surface area contributed by atoms with Gasteiger partial charge in [0, 0.05) is 6.04 Å². The van der Waals surface area contributed by atoms with E-state index in [0.29, 0.717) is 23.0 Å². The molecule has 1 aliphatic rings. The molecular formula is C25H28N6O5. The van der Waals surface area contributed by atoms with E-state index in [4.69, 9.17) is 13.3 Å². The van der Waals surface area contributed by atoms with E-state index in [1.54, 1.807) is 36.4 Å². The molecule has 1 aliphatic carbocycles. The van der Waals surface area contributed by atoms with Gasteiger partial charge in [-0.15, -0.1) is 10.2 Å². The van der Waals surface area contributed by atoms with Gasteiger partial charge >= 0.3 is 0 Å². The third kappa shape index (κ3) is 5.40. The maximum Gasteiger partial charge on any atom is 0.250 e. The SMILES string of the molecule is Cc1ccc(-c2nnn(CC(=O)N(Cc3ccco3)C(C(=O)NC3CCCCC3)c3ccco3)n2)o1. The largest absolute Gasteiger partial charge is 0.467 e. The predicted molar refractivity (Wildman–Crippen MR) is 126 cm³/mol. The van der Waals surface area contributed by atoms with Gasteiger partial charge in [0.2, 0.25) is 11.7 Å². The molecular weight excluding hydrogens is 464 g/mol. The second-order valence-electron chi connectivity index (χ2n) is 8.92.